The normalized spacial score (nSPS) is 26.3. The molecule has 1 atom stereocenters. The van der Waals surface area contributed by atoms with Gasteiger partial charge >= 0.3 is 5.97 Å². The monoisotopic (exact) mass is 281 g/mol. The molecule has 3 rings (SSSR count). The van der Waals surface area contributed by atoms with Crippen molar-refractivity contribution in [1.82, 2.24) is 4.90 Å². The van der Waals surface area contributed by atoms with Crippen molar-refractivity contribution in [3.05, 3.63) is 21.9 Å². The van der Waals surface area contributed by atoms with Crippen LogP contribution in [0.4, 0.5) is 0 Å². The second-order valence-electron chi connectivity index (χ2n) is 5.69. The van der Waals surface area contributed by atoms with Gasteiger partial charge < -0.3 is 10.2 Å². The molecule has 19 heavy (non-hydrogen) atoms. The average molecular weight is 281 g/mol. The Bertz CT molecular complexity index is 479. The Morgan fingerprint density at radius 3 is 2.89 bits per heavy atom. The summed E-state index contributed by atoms with van der Waals surface area (Å²) in [5.74, 6) is -0.805. The third-order valence-electron chi connectivity index (χ3n) is 4.33. The van der Waals surface area contributed by atoms with Crippen molar-refractivity contribution in [2.45, 2.75) is 43.7 Å². The number of nitrogens with zero attached hydrogens (tertiary/aromatic N) is 1. The topological polar surface area (TPSA) is 60.8 Å². The highest BCUT2D eigenvalue weighted by Gasteiger charge is 2.40. The molecule has 1 aromatic rings. The molecule has 0 spiro atoms. The minimum atomic E-state index is -0.805. The van der Waals surface area contributed by atoms with Crippen molar-refractivity contribution in [2.75, 3.05) is 13.1 Å². The molecule has 0 saturated heterocycles. The van der Waals surface area contributed by atoms with Crippen molar-refractivity contribution >= 4 is 17.3 Å². The van der Waals surface area contributed by atoms with Gasteiger partial charge in [0, 0.05) is 18.0 Å². The fourth-order valence-corrected chi connectivity index (χ4v) is 4.30. The van der Waals surface area contributed by atoms with Crippen LogP contribution in [0.25, 0.3) is 0 Å². The summed E-state index contributed by atoms with van der Waals surface area (Å²) in [6.07, 6.45) is 4.59. The van der Waals surface area contributed by atoms with E-state index in [1.165, 1.54) is 4.88 Å². The van der Waals surface area contributed by atoms with Crippen molar-refractivity contribution in [3.63, 3.8) is 0 Å². The van der Waals surface area contributed by atoms with Gasteiger partial charge in [-0.3, -0.25) is 9.69 Å². The SMILES string of the molecule is O=C(O)C1c2ccsc2CCN1CC1(O)CCCC1. The van der Waals surface area contributed by atoms with E-state index in [9.17, 15) is 15.0 Å². The lowest BCUT2D eigenvalue weighted by Gasteiger charge is -2.37. The van der Waals surface area contributed by atoms with E-state index in [0.717, 1.165) is 44.2 Å². The minimum Gasteiger partial charge on any atom is -0.480 e. The summed E-state index contributed by atoms with van der Waals surface area (Å²) >= 11 is 1.64. The van der Waals surface area contributed by atoms with E-state index in [2.05, 4.69) is 0 Å². The highest BCUT2D eigenvalue weighted by molar-refractivity contribution is 7.10. The van der Waals surface area contributed by atoms with E-state index >= 15 is 0 Å². The van der Waals surface area contributed by atoms with E-state index in [1.54, 1.807) is 11.3 Å². The summed E-state index contributed by atoms with van der Waals surface area (Å²) < 4.78 is 0. The quantitative estimate of drug-likeness (QED) is 0.890. The summed E-state index contributed by atoms with van der Waals surface area (Å²) in [6, 6.07) is 1.34. The standard InChI is InChI=1S/C14H19NO3S/c16-13(17)12-10-4-8-19-11(10)3-7-15(12)9-14(18)5-1-2-6-14/h4,8,12,18H,1-3,5-7,9H2,(H,16,17). The average Bonchev–Trinajstić information content (AvgIpc) is 2.97. The van der Waals surface area contributed by atoms with Gasteiger partial charge in [-0.1, -0.05) is 12.8 Å². The highest BCUT2D eigenvalue weighted by atomic mass is 32.1. The molecule has 1 saturated carbocycles. The Morgan fingerprint density at radius 1 is 1.47 bits per heavy atom. The zero-order valence-electron chi connectivity index (χ0n) is 10.8. The van der Waals surface area contributed by atoms with Crippen LogP contribution in [0.15, 0.2) is 11.4 Å². The van der Waals surface area contributed by atoms with E-state index in [4.69, 9.17) is 0 Å². The number of thiophene rings is 1. The second-order valence-corrected chi connectivity index (χ2v) is 6.69. The van der Waals surface area contributed by atoms with Crippen LogP contribution < -0.4 is 0 Å². The van der Waals surface area contributed by atoms with Gasteiger partial charge in [-0.2, -0.15) is 0 Å². The Kier molecular flexibility index (Phi) is 3.37. The first-order chi connectivity index (χ1) is 9.09. The van der Waals surface area contributed by atoms with E-state index < -0.39 is 17.6 Å². The maximum absolute atomic E-state index is 11.6. The van der Waals surface area contributed by atoms with E-state index in [0.29, 0.717) is 6.54 Å². The van der Waals surface area contributed by atoms with Crippen LogP contribution in [-0.2, 0) is 11.2 Å². The van der Waals surface area contributed by atoms with Crippen LogP contribution in [-0.4, -0.2) is 39.8 Å². The molecule has 2 N–H and O–H groups in total. The lowest BCUT2D eigenvalue weighted by Crippen LogP contribution is -2.47. The van der Waals surface area contributed by atoms with Crippen LogP contribution in [0.5, 0.6) is 0 Å². The number of aliphatic hydroxyl groups is 1. The lowest BCUT2D eigenvalue weighted by atomic mass is 9.95. The molecule has 1 unspecified atom stereocenters. The summed E-state index contributed by atoms with van der Waals surface area (Å²) in [7, 11) is 0. The molecule has 0 radical (unpaired) electrons. The van der Waals surface area contributed by atoms with Gasteiger partial charge in [0.25, 0.3) is 0 Å². The predicted molar refractivity (Wildman–Crippen MR) is 73.4 cm³/mol. The van der Waals surface area contributed by atoms with Gasteiger partial charge in [-0.25, -0.2) is 0 Å². The van der Waals surface area contributed by atoms with E-state index in [1.807, 2.05) is 16.3 Å². The van der Waals surface area contributed by atoms with Crippen LogP contribution in [0, 0.1) is 0 Å². The molecule has 2 heterocycles. The van der Waals surface area contributed by atoms with Crippen molar-refractivity contribution < 1.29 is 15.0 Å². The molecule has 1 fully saturated rings. The first kappa shape index (κ1) is 13.1. The second kappa shape index (κ2) is 4.89. The predicted octanol–water partition coefficient (Wildman–Crippen LogP) is 2.04. The van der Waals surface area contributed by atoms with Gasteiger partial charge in [0.1, 0.15) is 6.04 Å². The number of carboxylic acids is 1. The number of carbonyl (C=O) groups is 1. The zero-order chi connectivity index (χ0) is 13.5. The fourth-order valence-electron chi connectivity index (χ4n) is 3.40. The van der Waals surface area contributed by atoms with Gasteiger partial charge in [-0.05, 0) is 36.3 Å². The summed E-state index contributed by atoms with van der Waals surface area (Å²) in [6.45, 7) is 1.21. The largest absolute Gasteiger partial charge is 0.480 e. The molecule has 0 aromatic carbocycles. The maximum atomic E-state index is 11.6. The van der Waals surface area contributed by atoms with Crippen LogP contribution in [0.1, 0.15) is 42.2 Å². The Morgan fingerprint density at radius 2 is 2.21 bits per heavy atom. The Labute approximate surface area is 116 Å². The van der Waals surface area contributed by atoms with Gasteiger partial charge in [0.15, 0.2) is 0 Å². The van der Waals surface area contributed by atoms with Crippen LogP contribution in [0.3, 0.4) is 0 Å². The van der Waals surface area contributed by atoms with Crippen molar-refractivity contribution in [3.8, 4) is 0 Å². The number of carboxylic acid groups (broad SMARTS) is 1. The van der Waals surface area contributed by atoms with Gasteiger partial charge in [0.05, 0.1) is 5.60 Å². The van der Waals surface area contributed by atoms with Crippen LogP contribution in [0.2, 0.25) is 0 Å². The Balaban J connectivity index is 1.83. The third-order valence-corrected chi connectivity index (χ3v) is 5.33. The number of hydrogen-bond donors (Lipinski definition) is 2. The molecule has 5 heteroatoms. The number of β-amino-alcohol motifs (C(OH)–C–C–N with tert-alkyl or cyclic N) is 1. The number of rotatable bonds is 3. The number of hydrogen-bond acceptors (Lipinski definition) is 4. The Hall–Kier alpha value is -0.910. The lowest BCUT2D eigenvalue weighted by molar-refractivity contribution is -0.145. The molecule has 0 bridgehead atoms. The third kappa shape index (κ3) is 2.42. The van der Waals surface area contributed by atoms with Gasteiger partial charge in [-0.15, -0.1) is 11.3 Å². The number of aliphatic carboxylic acids is 1. The van der Waals surface area contributed by atoms with Crippen molar-refractivity contribution in [2.24, 2.45) is 0 Å². The molecule has 104 valence electrons. The first-order valence-corrected chi connectivity index (χ1v) is 7.73. The molecule has 0 amide bonds. The maximum Gasteiger partial charge on any atom is 0.325 e. The van der Waals surface area contributed by atoms with Crippen molar-refractivity contribution in [1.29, 1.82) is 0 Å². The molecular formula is C14H19NO3S. The summed E-state index contributed by atoms with van der Waals surface area (Å²) in [5.41, 5.74) is 0.242. The highest BCUT2D eigenvalue weighted by Crippen LogP contribution is 2.37. The zero-order valence-corrected chi connectivity index (χ0v) is 11.7. The molecule has 1 aromatic heterocycles. The molecule has 4 nitrogen and oxygen atoms in total. The van der Waals surface area contributed by atoms with Crippen LogP contribution >= 0.6 is 11.3 Å². The first-order valence-electron chi connectivity index (χ1n) is 6.85. The summed E-state index contributed by atoms with van der Waals surface area (Å²) in [4.78, 5) is 14.7. The molecule has 2 aliphatic rings. The van der Waals surface area contributed by atoms with E-state index in [-0.39, 0.29) is 0 Å². The number of fused-ring (bicyclic) bond motifs is 1. The summed E-state index contributed by atoms with van der Waals surface area (Å²) in [5, 5.41) is 22.0. The molecular weight excluding hydrogens is 262 g/mol. The molecule has 1 aliphatic heterocycles. The fraction of sp³-hybridized carbons (Fsp3) is 0.643. The minimum absolute atomic E-state index is 0.485. The molecule has 1 aliphatic carbocycles. The van der Waals surface area contributed by atoms with Gasteiger partial charge in [0.2, 0.25) is 0 Å². The smallest absolute Gasteiger partial charge is 0.325 e.